The van der Waals surface area contributed by atoms with Gasteiger partial charge in [0.15, 0.2) is 0 Å². The number of anilines is 1. The highest BCUT2D eigenvalue weighted by Gasteiger charge is 2.32. The first-order valence-electron chi connectivity index (χ1n) is 10.3. The number of nitrogens with zero attached hydrogens (tertiary/aromatic N) is 1. The quantitative estimate of drug-likeness (QED) is 0.669. The number of halogens is 4. The molecule has 4 nitrogen and oxygen atoms in total. The maximum absolute atomic E-state index is 13.2. The fraction of sp³-hybridized carbons (Fsp3) is 0.435. The molecule has 0 saturated carbocycles. The highest BCUT2D eigenvalue weighted by molar-refractivity contribution is 5.87. The maximum atomic E-state index is 13.2. The standard InChI is InChI=1S/C23H27F4N3O/c1-22(2,16-6-8-18(24)9-7-16)21(31)29-11-10-19-15-30(13-12-28-19)20-5-3-4-17(14-20)23(25,26)27/h3-9,14,19,28H,10-13,15H2,1-2H3,(H,29,31). The predicted octanol–water partition coefficient (Wildman–Crippen LogP) is 4.11. The molecule has 1 unspecified atom stereocenters. The van der Waals surface area contributed by atoms with Gasteiger partial charge < -0.3 is 15.5 Å². The van der Waals surface area contributed by atoms with Gasteiger partial charge in [0.2, 0.25) is 5.91 Å². The molecule has 1 heterocycles. The van der Waals surface area contributed by atoms with Gasteiger partial charge in [0.1, 0.15) is 5.82 Å². The number of nitrogens with one attached hydrogen (secondary N) is 2. The second-order valence-corrected chi connectivity index (χ2v) is 8.32. The fourth-order valence-corrected chi connectivity index (χ4v) is 3.71. The number of rotatable bonds is 6. The summed E-state index contributed by atoms with van der Waals surface area (Å²) in [6.45, 7) is 5.81. The van der Waals surface area contributed by atoms with Crippen molar-refractivity contribution in [2.75, 3.05) is 31.1 Å². The number of hydrogen-bond acceptors (Lipinski definition) is 3. The number of hydrogen-bond donors (Lipinski definition) is 2. The Balaban J connectivity index is 1.54. The van der Waals surface area contributed by atoms with Crippen LogP contribution in [0.1, 0.15) is 31.4 Å². The molecule has 1 atom stereocenters. The Morgan fingerprint density at radius 3 is 2.52 bits per heavy atom. The van der Waals surface area contributed by atoms with Crippen LogP contribution in [-0.2, 0) is 16.4 Å². The SMILES string of the molecule is CC(C)(C(=O)NCCC1CN(c2cccc(C(F)(F)F)c2)CCN1)c1ccc(F)cc1. The van der Waals surface area contributed by atoms with Crippen molar-refractivity contribution in [3.05, 3.63) is 65.5 Å². The summed E-state index contributed by atoms with van der Waals surface area (Å²) in [7, 11) is 0. The van der Waals surface area contributed by atoms with Gasteiger partial charge in [0.25, 0.3) is 0 Å². The van der Waals surface area contributed by atoms with Gasteiger partial charge in [-0.15, -0.1) is 0 Å². The van der Waals surface area contributed by atoms with Crippen LogP contribution >= 0.6 is 0 Å². The van der Waals surface area contributed by atoms with Gasteiger partial charge in [-0.3, -0.25) is 4.79 Å². The number of carbonyl (C=O) groups is 1. The van der Waals surface area contributed by atoms with Crippen LogP contribution in [0.2, 0.25) is 0 Å². The Morgan fingerprint density at radius 2 is 1.84 bits per heavy atom. The van der Waals surface area contributed by atoms with E-state index in [0.29, 0.717) is 38.3 Å². The molecule has 168 valence electrons. The normalized spacial score (nSPS) is 17.5. The summed E-state index contributed by atoms with van der Waals surface area (Å²) in [4.78, 5) is 14.6. The van der Waals surface area contributed by atoms with E-state index in [1.165, 1.54) is 24.3 Å². The Bertz CT molecular complexity index is 896. The van der Waals surface area contributed by atoms with Crippen molar-refractivity contribution < 1.29 is 22.4 Å². The third kappa shape index (κ3) is 5.76. The van der Waals surface area contributed by atoms with E-state index in [1.54, 1.807) is 32.0 Å². The Kier molecular flexibility index (Phi) is 6.89. The van der Waals surface area contributed by atoms with Gasteiger partial charge in [-0.05, 0) is 56.2 Å². The topological polar surface area (TPSA) is 44.4 Å². The smallest absolute Gasteiger partial charge is 0.369 e. The average molecular weight is 437 g/mol. The highest BCUT2D eigenvalue weighted by atomic mass is 19.4. The zero-order valence-corrected chi connectivity index (χ0v) is 17.6. The predicted molar refractivity (Wildman–Crippen MR) is 113 cm³/mol. The minimum atomic E-state index is -4.37. The van der Waals surface area contributed by atoms with Crippen LogP contribution in [0.5, 0.6) is 0 Å². The molecule has 0 spiro atoms. The zero-order valence-electron chi connectivity index (χ0n) is 17.6. The Hall–Kier alpha value is -2.61. The zero-order chi connectivity index (χ0) is 22.6. The van der Waals surface area contributed by atoms with E-state index in [0.717, 1.165) is 11.6 Å². The molecule has 1 saturated heterocycles. The van der Waals surface area contributed by atoms with Crippen molar-refractivity contribution in [3.8, 4) is 0 Å². The van der Waals surface area contributed by atoms with Gasteiger partial charge in [0.05, 0.1) is 11.0 Å². The van der Waals surface area contributed by atoms with Crippen LogP contribution in [0.15, 0.2) is 48.5 Å². The summed E-state index contributed by atoms with van der Waals surface area (Å²) in [6.07, 6.45) is -3.73. The minimum absolute atomic E-state index is 0.0394. The molecule has 1 aliphatic heterocycles. The second-order valence-electron chi connectivity index (χ2n) is 8.32. The molecule has 2 N–H and O–H groups in total. The van der Waals surface area contributed by atoms with Crippen molar-refractivity contribution in [3.63, 3.8) is 0 Å². The molecule has 2 aromatic rings. The van der Waals surface area contributed by atoms with Crippen LogP contribution < -0.4 is 15.5 Å². The number of alkyl halides is 3. The van der Waals surface area contributed by atoms with E-state index in [-0.39, 0.29) is 17.8 Å². The lowest BCUT2D eigenvalue weighted by molar-refractivity contribution is -0.137. The van der Waals surface area contributed by atoms with Gasteiger partial charge in [-0.2, -0.15) is 13.2 Å². The van der Waals surface area contributed by atoms with Crippen LogP contribution in [-0.4, -0.2) is 38.1 Å². The molecule has 1 fully saturated rings. The van der Waals surface area contributed by atoms with Gasteiger partial charge >= 0.3 is 6.18 Å². The van der Waals surface area contributed by atoms with Gasteiger partial charge in [0, 0.05) is 37.9 Å². The molecule has 3 rings (SSSR count). The summed E-state index contributed by atoms with van der Waals surface area (Å²) in [6, 6.07) is 11.3. The summed E-state index contributed by atoms with van der Waals surface area (Å²) >= 11 is 0. The van der Waals surface area contributed by atoms with Crippen molar-refractivity contribution in [2.45, 2.75) is 37.9 Å². The highest BCUT2D eigenvalue weighted by Crippen LogP contribution is 2.32. The Morgan fingerprint density at radius 1 is 1.13 bits per heavy atom. The van der Waals surface area contributed by atoms with Crippen LogP contribution in [0, 0.1) is 5.82 Å². The number of benzene rings is 2. The van der Waals surface area contributed by atoms with E-state index in [9.17, 15) is 22.4 Å². The first-order chi connectivity index (χ1) is 14.6. The number of carbonyl (C=O) groups excluding carboxylic acids is 1. The Labute approximate surface area is 179 Å². The molecule has 1 aliphatic rings. The molecule has 0 radical (unpaired) electrons. The summed E-state index contributed by atoms with van der Waals surface area (Å²) < 4.78 is 52.2. The van der Waals surface area contributed by atoms with Crippen LogP contribution in [0.25, 0.3) is 0 Å². The molecule has 0 bridgehead atoms. The van der Waals surface area contributed by atoms with Crippen molar-refractivity contribution in [1.29, 1.82) is 0 Å². The monoisotopic (exact) mass is 437 g/mol. The van der Waals surface area contributed by atoms with Crippen LogP contribution in [0.3, 0.4) is 0 Å². The van der Waals surface area contributed by atoms with E-state index in [1.807, 2.05) is 4.90 Å². The first kappa shape index (κ1) is 23.1. The third-order valence-electron chi connectivity index (χ3n) is 5.71. The van der Waals surface area contributed by atoms with Crippen molar-refractivity contribution in [1.82, 2.24) is 10.6 Å². The second kappa shape index (κ2) is 9.26. The minimum Gasteiger partial charge on any atom is -0.369 e. The third-order valence-corrected chi connectivity index (χ3v) is 5.71. The molecular formula is C23H27F4N3O. The molecular weight excluding hydrogens is 410 g/mol. The summed E-state index contributed by atoms with van der Waals surface area (Å²) in [5.41, 5.74) is -0.200. The number of piperazine rings is 1. The maximum Gasteiger partial charge on any atom is 0.416 e. The largest absolute Gasteiger partial charge is 0.416 e. The van der Waals surface area contributed by atoms with Gasteiger partial charge in [-0.1, -0.05) is 18.2 Å². The lowest BCUT2D eigenvalue weighted by Gasteiger charge is -2.36. The van der Waals surface area contributed by atoms with E-state index in [2.05, 4.69) is 10.6 Å². The lowest BCUT2D eigenvalue weighted by atomic mass is 9.83. The molecule has 0 aromatic heterocycles. The molecule has 8 heteroatoms. The van der Waals surface area contributed by atoms with Gasteiger partial charge in [-0.25, -0.2) is 4.39 Å². The van der Waals surface area contributed by atoms with E-state index < -0.39 is 17.2 Å². The van der Waals surface area contributed by atoms with Crippen molar-refractivity contribution in [2.24, 2.45) is 0 Å². The van der Waals surface area contributed by atoms with E-state index >= 15 is 0 Å². The summed E-state index contributed by atoms with van der Waals surface area (Å²) in [5, 5.41) is 6.28. The van der Waals surface area contributed by atoms with Crippen LogP contribution in [0.4, 0.5) is 23.2 Å². The first-order valence-corrected chi connectivity index (χ1v) is 10.3. The lowest BCUT2D eigenvalue weighted by Crippen LogP contribution is -2.52. The fourth-order valence-electron chi connectivity index (χ4n) is 3.71. The molecule has 2 aromatic carbocycles. The molecule has 1 amide bonds. The number of amides is 1. The molecule has 0 aliphatic carbocycles. The molecule has 31 heavy (non-hydrogen) atoms. The summed E-state index contributed by atoms with van der Waals surface area (Å²) in [5.74, 6) is -0.515. The van der Waals surface area contributed by atoms with E-state index in [4.69, 9.17) is 0 Å². The van der Waals surface area contributed by atoms with Crippen molar-refractivity contribution >= 4 is 11.6 Å². The average Bonchev–Trinajstić information content (AvgIpc) is 2.73.